The molecule has 0 unspecified atom stereocenters. The first-order valence-corrected chi connectivity index (χ1v) is 7.17. The summed E-state index contributed by atoms with van der Waals surface area (Å²) in [5.41, 5.74) is 1.88. The maximum Gasteiger partial charge on any atom is 0.128 e. The second kappa shape index (κ2) is 6.15. The lowest BCUT2D eigenvalue weighted by atomic mass is 10.1. The smallest absolute Gasteiger partial charge is 0.128 e. The van der Waals surface area contributed by atoms with Crippen LogP contribution in [0.15, 0.2) is 42.6 Å². The van der Waals surface area contributed by atoms with Crippen molar-refractivity contribution in [1.82, 2.24) is 4.98 Å². The number of hydrogen-bond acceptors (Lipinski definition) is 5. The Hall–Kier alpha value is -3.05. The van der Waals surface area contributed by atoms with Gasteiger partial charge in [0.25, 0.3) is 0 Å². The summed E-state index contributed by atoms with van der Waals surface area (Å²) >= 11 is 0. The summed E-state index contributed by atoms with van der Waals surface area (Å²) in [5.74, 6) is 0.969. The van der Waals surface area contributed by atoms with Crippen molar-refractivity contribution in [3.8, 4) is 12.1 Å². The lowest BCUT2D eigenvalue weighted by molar-refractivity contribution is 0.646. The number of nitrogens with zero attached hydrogens (tertiary/aromatic N) is 5. The van der Waals surface area contributed by atoms with Gasteiger partial charge in [0.15, 0.2) is 0 Å². The van der Waals surface area contributed by atoms with Gasteiger partial charge in [-0.1, -0.05) is 12.1 Å². The summed E-state index contributed by atoms with van der Waals surface area (Å²) in [6, 6.07) is 15.6. The highest BCUT2D eigenvalue weighted by Crippen LogP contribution is 2.26. The van der Waals surface area contributed by atoms with E-state index in [1.807, 2.05) is 18.2 Å². The fraction of sp³-hybridized carbons (Fsp3) is 0.235. The summed E-state index contributed by atoms with van der Waals surface area (Å²) in [6.07, 6.45) is 1.79. The molecule has 1 aliphatic heterocycles. The van der Waals surface area contributed by atoms with Crippen LogP contribution in [0.2, 0.25) is 0 Å². The van der Waals surface area contributed by atoms with Crippen molar-refractivity contribution in [3.63, 3.8) is 0 Å². The largest absolute Gasteiger partial charge is 0.366 e. The molecule has 1 aromatic heterocycles. The highest BCUT2D eigenvalue weighted by Gasteiger charge is 2.22. The standard InChI is InChI=1S/C17H15N5/c18-12-14-4-3-5-15(13-19)17(14)22-10-8-21(9-11-22)16-6-1-2-7-20-16/h1-7H,8-11H2. The van der Waals surface area contributed by atoms with Crippen molar-refractivity contribution in [1.29, 1.82) is 10.5 Å². The van der Waals surface area contributed by atoms with E-state index in [1.165, 1.54) is 0 Å². The lowest BCUT2D eigenvalue weighted by Crippen LogP contribution is -2.47. The van der Waals surface area contributed by atoms with Gasteiger partial charge in [-0.05, 0) is 24.3 Å². The Labute approximate surface area is 129 Å². The molecule has 0 spiro atoms. The fourth-order valence-corrected chi connectivity index (χ4v) is 2.76. The van der Waals surface area contributed by atoms with Crippen molar-refractivity contribution >= 4 is 11.5 Å². The van der Waals surface area contributed by atoms with E-state index in [4.69, 9.17) is 0 Å². The normalized spacial score (nSPS) is 14.3. The summed E-state index contributed by atoms with van der Waals surface area (Å²) in [5, 5.41) is 18.6. The fourth-order valence-electron chi connectivity index (χ4n) is 2.76. The van der Waals surface area contributed by atoms with Crippen molar-refractivity contribution in [2.75, 3.05) is 36.0 Å². The van der Waals surface area contributed by atoms with E-state index in [-0.39, 0.29) is 0 Å². The molecule has 0 amide bonds. The predicted molar refractivity (Wildman–Crippen MR) is 84.5 cm³/mol. The van der Waals surface area contributed by atoms with Gasteiger partial charge < -0.3 is 9.80 Å². The average molecular weight is 289 g/mol. The Morgan fingerprint density at radius 3 is 2.00 bits per heavy atom. The molecular formula is C17H15N5. The van der Waals surface area contributed by atoms with Crippen LogP contribution in [0.1, 0.15) is 11.1 Å². The summed E-state index contributed by atoms with van der Waals surface area (Å²) in [4.78, 5) is 8.71. The van der Waals surface area contributed by atoms with Crippen LogP contribution in [-0.2, 0) is 0 Å². The monoisotopic (exact) mass is 289 g/mol. The number of hydrogen-bond donors (Lipinski definition) is 0. The van der Waals surface area contributed by atoms with Gasteiger partial charge in [0, 0.05) is 32.4 Å². The zero-order valence-electron chi connectivity index (χ0n) is 12.1. The molecule has 5 nitrogen and oxygen atoms in total. The van der Waals surface area contributed by atoms with E-state index < -0.39 is 0 Å². The van der Waals surface area contributed by atoms with Gasteiger partial charge in [0.05, 0.1) is 16.8 Å². The molecule has 1 aromatic carbocycles. The number of rotatable bonds is 2. The average Bonchev–Trinajstić information content (AvgIpc) is 2.62. The van der Waals surface area contributed by atoms with Crippen LogP contribution in [0.25, 0.3) is 0 Å². The number of nitriles is 2. The second-order valence-electron chi connectivity index (χ2n) is 5.09. The Morgan fingerprint density at radius 1 is 0.818 bits per heavy atom. The van der Waals surface area contributed by atoms with Gasteiger partial charge in [-0.25, -0.2) is 4.98 Å². The molecule has 108 valence electrons. The highest BCUT2D eigenvalue weighted by atomic mass is 15.3. The van der Waals surface area contributed by atoms with Gasteiger partial charge >= 0.3 is 0 Å². The van der Waals surface area contributed by atoms with E-state index in [0.717, 1.165) is 37.7 Å². The molecule has 1 saturated heterocycles. The molecule has 0 aliphatic carbocycles. The summed E-state index contributed by atoms with van der Waals surface area (Å²) < 4.78 is 0. The summed E-state index contributed by atoms with van der Waals surface area (Å²) in [6.45, 7) is 3.18. The second-order valence-corrected chi connectivity index (χ2v) is 5.09. The molecule has 0 bridgehead atoms. The number of benzene rings is 1. The maximum atomic E-state index is 9.29. The van der Waals surface area contributed by atoms with E-state index in [2.05, 4.69) is 26.9 Å². The Morgan fingerprint density at radius 2 is 1.45 bits per heavy atom. The van der Waals surface area contributed by atoms with E-state index in [9.17, 15) is 10.5 Å². The van der Waals surface area contributed by atoms with Crippen LogP contribution in [0, 0.1) is 22.7 Å². The minimum absolute atomic E-state index is 0.560. The third-order valence-electron chi connectivity index (χ3n) is 3.85. The first kappa shape index (κ1) is 13.9. The van der Waals surface area contributed by atoms with Gasteiger partial charge in [0.2, 0.25) is 0 Å². The van der Waals surface area contributed by atoms with Gasteiger partial charge in [0.1, 0.15) is 18.0 Å². The summed E-state index contributed by atoms with van der Waals surface area (Å²) in [7, 11) is 0. The molecule has 3 rings (SSSR count). The zero-order valence-corrected chi connectivity index (χ0v) is 12.1. The van der Waals surface area contributed by atoms with Gasteiger partial charge in [-0.15, -0.1) is 0 Å². The maximum absolute atomic E-state index is 9.29. The van der Waals surface area contributed by atoms with Crippen molar-refractivity contribution < 1.29 is 0 Å². The zero-order chi connectivity index (χ0) is 15.4. The Kier molecular flexibility index (Phi) is 3.89. The van der Waals surface area contributed by atoms with Gasteiger partial charge in [-0.2, -0.15) is 10.5 Å². The molecule has 0 N–H and O–H groups in total. The van der Waals surface area contributed by atoms with Gasteiger partial charge in [-0.3, -0.25) is 0 Å². The molecule has 0 atom stereocenters. The van der Waals surface area contributed by atoms with Crippen molar-refractivity contribution in [2.45, 2.75) is 0 Å². The molecule has 1 aliphatic rings. The van der Waals surface area contributed by atoms with E-state index in [1.54, 1.807) is 24.4 Å². The highest BCUT2D eigenvalue weighted by molar-refractivity contribution is 5.68. The topological polar surface area (TPSA) is 67.0 Å². The molecule has 1 fully saturated rings. The Balaban J connectivity index is 1.81. The lowest BCUT2D eigenvalue weighted by Gasteiger charge is -2.37. The number of pyridine rings is 1. The Bertz CT molecular complexity index is 702. The predicted octanol–water partition coefficient (Wildman–Crippen LogP) is 2.15. The minimum atomic E-state index is 0.560. The first-order valence-electron chi connectivity index (χ1n) is 7.17. The molecule has 2 aromatic rings. The van der Waals surface area contributed by atoms with Crippen molar-refractivity contribution in [3.05, 3.63) is 53.7 Å². The first-order chi connectivity index (χ1) is 10.8. The molecule has 2 heterocycles. The number of anilines is 2. The molecule has 0 saturated carbocycles. The van der Waals surface area contributed by atoms with E-state index in [0.29, 0.717) is 11.1 Å². The van der Waals surface area contributed by atoms with Crippen LogP contribution in [0.5, 0.6) is 0 Å². The van der Waals surface area contributed by atoms with Crippen LogP contribution in [0.3, 0.4) is 0 Å². The van der Waals surface area contributed by atoms with Crippen LogP contribution < -0.4 is 9.80 Å². The SMILES string of the molecule is N#Cc1cccc(C#N)c1N1CCN(c2ccccn2)CC1. The molecule has 22 heavy (non-hydrogen) atoms. The van der Waals surface area contributed by atoms with Crippen LogP contribution in [-0.4, -0.2) is 31.2 Å². The van der Waals surface area contributed by atoms with Crippen LogP contribution >= 0.6 is 0 Å². The van der Waals surface area contributed by atoms with E-state index >= 15 is 0 Å². The van der Waals surface area contributed by atoms with Crippen molar-refractivity contribution in [2.24, 2.45) is 0 Å². The van der Waals surface area contributed by atoms with Crippen LogP contribution in [0.4, 0.5) is 11.5 Å². The third kappa shape index (κ3) is 2.57. The third-order valence-corrected chi connectivity index (χ3v) is 3.85. The minimum Gasteiger partial charge on any atom is -0.366 e. The quantitative estimate of drug-likeness (QED) is 0.847. The number of aromatic nitrogens is 1. The molecular weight excluding hydrogens is 274 g/mol. The molecule has 5 heteroatoms. The number of para-hydroxylation sites is 1. The molecule has 0 radical (unpaired) electrons. The number of piperazine rings is 1.